The Morgan fingerprint density at radius 3 is 2.90 bits per heavy atom. The van der Waals surface area contributed by atoms with Crippen molar-refractivity contribution >= 4 is 15.9 Å². The molecule has 1 unspecified atom stereocenters. The average molecular weight is 339 g/mol. The summed E-state index contributed by atoms with van der Waals surface area (Å²) in [6.07, 6.45) is 2.79. The maximum absolute atomic E-state index is 5.29. The number of nitrogens with zero attached hydrogens (tertiary/aromatic N) is 1. The highest BCUT2D eigenvalue weighted by atomic mass is 79.9. The molecule has 1 N–H and O–H groups in total. The van der Waals surface area contributed by atoms with Crippen molar-refractivity contribution in [1.82, 2.24) is 10.2 Å². The number of ether oxygens (including phenoxy) is 1. The molecular formula is C16H23BrN2O. The summed E-state index contributed by atoms with van der Waals surface area (Å²) in [7, 11) is 1.71. The molecule has 0 spiro atoms. The highest BCUT2D eigenvalue weighted by molar-refractivity contribution is 9.10. The molecule has 110 valence electrons. The fraction of sp³-hybridized carbons (Fsp3) is 0.625. The summed E-state index contributed by atoms with van der Waals surface area (Å²) in [5.41, 5.74) is 1.67. The molecule has 0 radical (unpaired) electrons. The van der Waals surface area contributed by atoms with Crippen LogP contribution in [0.25, 0.3) is 0 Å². The first kappa shape index (κ1) is 14.4. The van der Waals surface area contributed by atoms with Gasteiger partial charge in [0, 0.05) is 31.7 Å². The van der Waals surface area contributed by atoms with Crippen LogP contribution < -0.4 is 10.1 Å². The van der Waals surface area contributed by atoms with Gasteiger partial charge < -0.3 is 10.1 Å². The van der Waals surface area contributed by atoms with Crippen LogP contribution in [0.2, 0.25) is 0 Å². The molecule has 0 amide bonds. The average Bonchev–Trinajstić information content (AvgIpc) is 3.24. The van der Waals surface area contributed by atoms with Crippen LogP contribution in [0.3, 0.4) is 0 Å². The lowest BCUT2D eigenvalue weighted by Gasteiger charge is -2.42. The third-order valence-electron chi connectivity index (χ3n) is 4.61. The van der Waals surface area contributed by atoms with Crippen molar-refractivity contribution in [2.75, 3.05) is 26.7 Å². The third-order valence-corrected chi connectivity index (χ3v) is 5.23. The topological polar surface area (TPSA) is 24.5 Å². The van der Waals surface area contributed by atoms with Crippen molar-refractivity contribution < 1.29 is 4.74 Å². The lowest BCUT2D eigenvalue weighted by molar-refractivity contribution is 0.121. The van der Waals surface area contributed by atoms with E-state index >= 15 is 0 Å². The van der Waals surface area contributed by atoms with E-state index in [0.29, 0.717) is 5.54 Å². The third kappa shape index (κ3) is 3.02. The number of methoxy groups -OCH3 is 1. The molecule has 0 aromatic heterocycles. The summed E-state index contributed by atoms with van der Waals surface area (Å²) < 4.78 is 6.33. The first-order valence-corrected chi connectivity index (χ1v) is 8.20. The molecule has 1 aromatic carbocycles. The van der Waals surface area contributed by atoms with Crippen molar-refractivity contribution in [3.8, 4) is 5.75 Å². The van der Waals surface area contributed by atoms with Gasteiger partial charge in [-0.25, -0.2) is 0 Å². The van der Waals surface area contributed by atoms with Gasteiger partial charge in [-0.05, 0) is 59.3 Å². The molecule has 1 saturated heterocycles. The Kier molecular flexibility index (Phi) is 4.07. The summed E-state index contributed by atoms with van der Waals surface area (Å²) >= 11 is 3.57. The van der Waals surface area contributed by atoms with Crippen LogP contribution in [0.15, 0.2) is 22.7 Å². The maximum atomic E-state index is 5.29. The second-order valence-electron chi connectivity index (χ2n) is 6.30. The molecule has 1 atom stereocenters. The molecule has 1 saturated carbocycles. The highest BCUT2D eigenvalue weighted by Crippen LogP contribution is 2.41. The highest BCUT2D eigenvalue weighted by Gasteiger charge is 2.43. The number of nitrogens with one attached hydrogen (secondary N) is 1. The Morgan fingerprint density at radius 2 is 2.25 bits per heavy atom. The molecule has 4 heteroatoms. The van der Waals surface area contributed by atoms with Crippen LogP contribution in [-0.4, -0.2) is 37.2 Å². The van der Waals surface area contributed by atoms with Crippen molar-refractivity contribution in [2.45, 2.75) is 31.8 Å². The molecule has 2 fully saturated rings. The molecule has 1 heterocycles. The van der Waals surface area contributed by atoms with E-state index in [0.717, 1.165) is 42.3 Å². The van der Waals surface area contributed by atoms with Gasteiger partial charge in [0.25, 0.3) is 0 Å². The van der Waals surface area contributed by atoms with Crippen LogP contribution in [-0.2, 0) is 6.54 Å². The Balaban J connectivity index is 1.66. The Morgan fingerprint density at radius 1 is 1.45 bits per heavy atom. The SMILES string of the molecule is COc1ccc(CN2CCNC(C)(C3CC3)C2)cc1Br. The van der Waals surface area contributed by atoms with E-state index in [1.807, 2.05) is 6.07 Å². The summed E-state index contributed by atoms with van der Waals surface area (Å²) in [5, 5.41) is 3.73. The first-order chi connectivity index (χ1) is 9.60. The standard InChI is InChI=1S/C16H23BrN2O/c1-16(13-4-5-13)11-19(8-7-18-16)10-12-3-6-15(20-2)14(17)9-12/h3,6,9,13,18H,4-5,7-8,10-11H2,1-2H3. The molecule has 1 aliphatic heterocycles. The van der Waals surface area contributed by atoms with E-state index in [2.05, 4.69) is 45.2 Å². The Hall–Kier alpha value is -0.580. The van der Waals surface area contributed by atoms with Crippen molar-refractivity contribution in [2.24, 2.45) is 5.92 Å². The van der Waals surface area contributed by atoms with E-state index in [1.54, 1.807) is 7.11 Å². The van der Waals surface area contributed by atoms with Gasteiger partial charge in [0.1, 0.15) is 5.75 Å². The van der Waals surface area contributed by atoms with E-state index in [-0.39, 0.29) is 0 Å². The van der Waals surface area contributed by atoms with Crippen LogP contribution in [0.4, 0.5) is 0 Å². The zero-order valence-corrected chi connectivity index (χ0v) is 13.9. The second kappa shape index (κ2) is 5.66. The van der Waals surface area contributed by atoms with Gasteiger partial charge in [-0.15, -0.1) is 0 Å². The van der Waals surface area contributed by atoms with Gasteiger partial charge in [0.15, 0.2) is 0 Å². The molecule has 0 bridgehead atoms. The van der Waals surface area contributed by atoms with Gasteiger partial charge in [-0.1, -0.05) is 6.07 Å². The quantitative estimate of drug-likeness (QED) is 0.913. The number of halogens is 1. The number of hydrogen-bond donors (Lipinski definition) is 1. The fourth-order valence-corrected chi connectivity index (χ4v) is 3.88. The van der Waals surface area contributed by atoms with E-state index in [9.17, 15) is 0 Å². The number of piperazine rings is 1. The molecule has 1 aromatic rings. The predicted molar refractivity (Wildman–Crippen MR) is 85.1 cm³/mol. The monoisotopic (exact) mass is 338 g/mol. The largest absolute Gasteiger partial charge is 0.496 e. The summed E-state index contributed by atoms with van der Waals surface area (Å²) in [6.45, 7) is 6.80. The smallest absolute Gasteiger partial charge is 0.133 e. The van der Waals surface area contributed by atoms with Gasteiger partial charge in [0.2, 0.25) is 0 Å². The van der Waals surface area contributed by atoms with Crippen molar-refractivity contribution in [3.05, 3.63) is 28.2 Å². The molecule has 3 rings (SSSR count). The number of benzene rings is 1. The second-order valence-corrected chi connectivity index (χ2v) is 7.15. The van der Waals surface area contributed by atoms with E-state index in [4.69, 9.17) is 4.74 Å². The van der Waals surface area contributed by atoms with Crippen LogP contribution >= 0.6 is 15.9 Å². The number of hydrogen-bond acceptors (Lipinski definition) is 3. The Labute approximate surface area is 129 Å². The van der Waals surface area contributed by atoms with Gasteiger partial charge >= 0.3 is 0 Å². The summed E-state index contributed by atoms with van der Waals surface area (Å²) in [6, 6.07) is 6.39. The zero-order chi connectivity index (χ0) is 14.2. The van der Waals surface area contributed by atoms with Crippen LogP contribution in [0.1, 0.15) is 25.3 Å². The normalized spacial score (nSPS) is 27.6. The van der Waals surface area contributed by atoms with Gasteiger partial charge in [0.05, 0.1) is 11.6 Å². The Bertz CT molecular complexity index is 489. The summed E-state index contributed by atoms with van der Waals surface area (Å²) in [4.78, 5) is 2.57. The minimum absolute atomic E-state index is 0.321. The lowest BCUT2D eigenvalue weighted by atomic mass is 9.92. The van der Waals surface area contributed by atoms with Gasteiger partial charge in [-0.2, -0.15) is 0 Å². The zero-order valence-electron chi connectivity index (χ0n) is 12.3. The summed E-state index contributed by atoms with van der Waals surface area (Å²) in [5.74, 6) is 1.78. The minimum Gasteiger partial charge on any atom is -0.496 e. The molecule has 1 aliphatic carbocycles. The van der Waals surface area contributed by atoms with E-state index in [1.165, 1.54) is 18.4 Å². The fourth-order valence-electron chi connectivity index (χ4n) is 3.29. The molecular weight excluding hydrogens is 316 g/mol. The van der Waals surface area contributed by atoms with Crippen molar-refractivity contribution in [1.29, 1.82) is 0 Å². The molecule has 3 nitrogen and oxygen atoms in total. The van der Waals surface area contributed by atoms with Crippen LogP contribution in [0.5, 0.6) is 5.75 Å². The van der Waals surface area contributed by atoms with Gasteiger partial charge in [-0.3, -0.25) is 4.90 Å². The number of rotatable bonds is 4. The predicted octanol–water partition coefficient (Wildman–Crippen LogP) is 3.03. The van der Waals surface area contributed by atoms with E-state index < -0.39 is 0 Å². The molecule has 20 heavy (non-hydrogen) atoms. The van der Waals surface area contributed by atoms with Crippen molar-refractivity contribution in [3.63, 3.8) is 0 Å². The molecule has 2 aliphatic rings. The van der Waals surface area contributed by atoms with Crippen LogP contribution in [0, 0.1) is 5.92 Å². The minimum atomic E-state index is 0.321. The maximum Gasteiger partial charge on any atom is 0.133 e. The first-order valence-electron chi connectivity index (χ1n) is 7.40. The lowest BCUT2D eigenvalue weighted by Crippen LogP contribution is -2.59.